The van der Waals surface area contributed by atoms with Crippen molar-refractivity contribution in [2.75, 3.05) is 12.3 Å². The van der Waals surface area contributed by atoms with Gasteiger partial charge in [0.25, 0.3) is 0 Å². The highest BCUT2D eigenvalue weighted by Gasteiger charge is 2.11. The fourth-order valence-corrected chi connectivity index (χ4v) is 1.96. The second-order valence-electron chi connectivity index (χ2n) is 3.89. The summed E-state index contributed by atoms with van der Waals surface area (Å²) in [7, 11) is 0. The van der Waals surface area contributed by atoms with E-state index in [1.807, 2.05) is 13.8 Å². The number of anilines is 1. The van der Waals surface area contributed by atoms with Gasteiger partial charge in [-0.15, -0.1) is 0 Å². The van der Waals surface area contributed by atoms with Crippen LogP contribution >= 0.6 is 11.8 Å². The summed E-state index contributed by atoms with van der Waals surface area (Å²) in [6.07, 6.45) is 5.83. The number of nitrogen functional groups attached to an aromatic ring is 1. The SMILES string of the molecule is CCCOc1ncnc(Sc2ncc(C)cn2)c1N. The second-order valence-corrected chi connectivity index (χ2v) is 4.85. The van der Waals surface area contributed by atoms with Crippen molar-refractivity contribution in [3.63, 3.8) is 0 Å². The number of nitrogens with zero attached hydrogens (tertiary/aromatic N) is 4. The molecule has 0 aliphatic rings. The lowest BCUT2D eigenvalue weighted by atomic mass is 10.4. The number of aryl methyl sites for hydroxylation is 1. The van der Waals surface area contributed by atoms with Crippen molar-refractivity contribution >= 4 is 17.4 Å². The van der Waals surface area contributed by atoms with Crippen molar-refractivity contribution in [1.82, 2.24) is 19.9 Å². The molecule has 2 aromatic heterocycles. The Morgan fingerprint density at radius 2 is 1.95 bits per heavy atom. The molecule has 0 amide bonds. The van der Waals surface area contributed by atoms with Crippen LogP contribution < -0.4 is 10.5 Å². The first kappa shape index (κ1) is 13.5. The number of hydrogen-bond donors (Lipinski definition) is 1. The van der Waals surface area contributed by atoms with Crippen LogP contribution in [-0.4, -0.2) is 26.5 Å². The molecule has 0 atom stereocenters. The predicted molar refractivity (Wildman–Crippen MR) is 73.1 cm³/mol. The summed E-state index contributed by atoms with van der Waals surface area (Å²) in [5.41, 5.74) is 7.40. The molecule has 2 N–H and O–H groups in total. The molecule has 6 nitrogen and oxygen atoms in total. The third-order valence-corrected chi connectivity index (χ3v) is 3.11. The van der Waals surface area contributed by atoms with Gasteiger partial charge in [-0.1, -0.05) is 6.92 Å². The predicted octanol–water partition coefficient (Wildman–Crippen LogP) is 2.10. The Hall–Kier alpha value is -1.89. The zero-order valence-electron chi connectivity index (χ0n) is 10.8. The lowest BCUT2D eigenvalue weighted by molar-refractivity contribution is 0.305. The minimum Gasteiger partial charge on any atom is -0.476 e. The first-order valence-electron chi connectivity index (χ1n) is 5.90. The molecule has 2 heterocycles. The summed E-state index contributed by atoms with van der Waals surface area (Å²) in [6.45, 7) is 4.53. The topological polar surface area (TPSA) is 86.8 Å². The van der Waals surface area contributed by atoms with Crippen LogP contribution in [0.4, 0.5) is 5.69 Å². The molecule has 2 aromatic rings. The molecule has 0 saturated carbocycles. The normalized spacial score (nSPS) is 10.4. The highest BCUT2D eigenvalue weighted by Crippen LogP contribution is 2.31. The van der Waals surface area contributed by atoms with E-state index in [0.29, 0.717) is 28.4 Å². The van der Waals surface area contributed by atoms with Gasteiger partial charge in [-0.25, -0.2) is 15.0 Å². The van der Waals surface area contributed by atoms with Crippen LogP contribution in [0.2, 0.25) is 0 Å². The van der Waals surface area contributed by atoms with Gasteiger partial charge in [0, 0.05) is 12.4 Å². The zero-order chi connectivity index (χ0) is 13.7. The first-order chi connectivity index (χ1) is 9.20. The summed E-state index contributed by atoms with van der Waals surface area (Å²) in [5, 5.41) is 1.20. The summed E-state index contributed by atoms with van der Waals surface area (Å²) in [4.78, 5) is 16.6. The number of hydrogen-bond acceptors (Lipinski definition) is 7. The summed E-state index contributed by atoms with van der Waals surface area (Å²) in [5.74, 6) is 0.409. The van der Waals surface area contributed by atoms with Crippen LogP contribution in [0.3, 0.4) is 0 Å². The van der Waals surface area contributed by atoms with Crippen LogP contribution in [-0.2, 0) is 0 Å². The van der Waals surface area contributed by atoms with Gasteiger partial charge >= 0.3 is 0 Å². The molecule has 100 valence electrons. The van der Waals surface area contributed by atoms with Gasteiger partial charge in [0.2, 0.25) is 5.88 Å². The van der Waals surface area contributed by atoms with Crippen molar-refractivity contribution in [1.29, 1.82) is 0 Å². The van der Waals surface area contributed by atoms with Gasteiger partial charge in [-0.2, -0.15) is 4.98 Å². The van der Waals surface area contributed by atoms with E-state index >= 15 is 0 Å². The molecule has 0 saturated heterocycles. The van der Waals surface area contributed by atoms with Crippen molar-refractivity contribution in [3.8, 4) is 5.88 Å². The average Bonchev–Trinajstić information content (AvgIpc) is 2.42. The molecule has 0 bridgehead atoms. The monoisotopic (exact) mass is 277 g/mol. The lowest BCUT2D eigenvalue weighted by Crippen LogP contribution is -2.03. The van der Waals surface area contributed by atoms with E-state index in [9.17, 15) is 0 Å². The van der Waals surface area contributed by atoms with E-state index in [1.54, 1.807) is 12.4 Å². The van der Waals surface area contributed by atoms with Gasteiger partial charge < -0.3 is 10.5 Å². The summed E-state index contributed by atoms with van der Waals surface area (Å²) < 4.78 is 5.45. The quantitative estimate of drug-likeness (QED) is 0.661. The van der Waals surface area contributed by atoms with Crippen molar-refractivity contribution < 1.29 is 4.74 Å². The Kier molecular flexibility index (Phi) is 4.51. The molecule has 0 aliphatic heterocycles. The van der Waals surface area contributed by atoms with Crippen LogP contribution in [0.1, 0.15) is 18.9 Å². The third-order valence-electron chi connectivity index (χ3n) is 2.20. The van der Waals surface area contributed by atoms with Crippen molar-refractivity contribution in [3.05, 3.63) is 24.3 Å². The molecule has 7 heteroatoms. The van der Waals surface area contributed by atoms with E-state index in [0.717, 1.165) is 12.0 Å². The molecule has 0 aliphatic carbocycles. The first-order valence-corrected chi connectivity index (χ1v) is 6.72. The molecular formula is C12H15N5OS. The largest absolute Gasteiger partial charge is 0.476 e. The average molecular weight is 277 g/mol. The minimum absolute atomic E-state index is 0.409. The number of ether oxygens (including phenoxy) is 1. The third kappa shape index (κ3) is 3.54. The van der Waals surface area contributed by atoms with E-state index in [1.165, 1.54) is 18.1 Å². The fraction of sp³-hybridized carbons (Fsp3) is 0.333. The Bertz CT molecular complexity index is 546. The van der Waals surface area contributed by atoms with Gasteiger partial charge in [0.15, 0.2) is 5.16 Å². The maximum absolute atomic E-state index is 5.98. The van der Waals surface area contributed by atoms with Gasteiger partial charge in [0.05, 0.1) is 6.61 Å². The maximum Gasteiger partial charge on any atom is 0.241 e. The second kappa shape index (κ2) is 6.33. The summed E-state index contributed by atoms with van der Waals surface area (Å²) in [6, 6.07) is 0. The molecule has 0 radical (unpaired) electrons. The van der Waals surface area contributed by atoms with Crippen LogP contribution in [0, 0.1) is 6.92 Å². The number of rotatable bonds is 5. The number of aromatic nitrogens is 4. The van der Waals surface area contributed by atoms with E-state index in [-0.39, 0.29) is 0 Å². The molecule has 0 fully saturated rings. The van der Waals surface area contributed by atoms with Crippen LogP contribution in [0.15, 0.2) is 28.9 Å². The lowest BCUT2D eigenvalue weighted by Gasteiger charge is -2.08. The van der Waals surface area contributed by atoms with E-state index in [4.69, 9.17) is 10.5 Å². The Morgan fingerprint density at radius 1 is 1.21 bits per heavy atom. The maximum atomic E-state index is 5.98. The standard InChI is InChI=1S/C12H15N5OS/c1-3-4-18-10-9(13)11(17-7-16-10)19-12-14-5-8(2)6-15-12/h5-7H,3-4,13H2,1-2H3. The summed E-state index contributed by atoms with van der Waals surface area (Å²) >= 11 is 1.29. The van der Waals surface area contributed by atoms with Gasteiger partial charge in [-0.3, -0.25) is 0 Å². The molecule has 0 unspecified atom stereocenters. The highest BCUT2D eigenvalue weighted by atomic mass is 32.2. The number of nitrogens with two attached hydrogens (primary N) is 1. The fourth-order valence-electron chi connectivity index (χ4n) is 1.28. The van der Waals surface area contributed by atoms with Crippen molar-refractivity contribution in [2.45, 2.75) is 30.5 Å². The van der Waals surface area contributed by atoms with E-state index in [2.05, 4.69) is 19.9 Å². The van der Waals surface area contributed by atoms with Gasteiger partial charge in [0.1, 0.15) is 17.0 Å². The smallest absolute Gasteiger partial charge is 0.241 e. The molecule has 19 heavy (non-hydrogen) atoms. The van der Waals surface area contributed by atoms with Gasteiger partial charge in [-0.05, 0) is 30.7 Å². The highest BCUT2D eigenvalue weighted by molar-refractivity contribution is 7.99. The van der Waals surface area contributed by atoms with Crippen LogP contribution in [0.5, 0.6) is 5.88 Å². The minimum atomic E-state index is 0.409. The van der Waals surface area contributed by atoms with Crippen molar-refractivity contribution in [2.24, 2.45) is 0 Å². The Morgan fingerprint density at radius 3 is 2.63 bits per heavy atom. The van der Waals surface area contributed by atoms with E-state index < -0.39 is 0 Å². The van der Waals surface area contributed by atoms with Crippen LogP contribution in [0.25, 0.3) is 0 Å². The molecule has 2 rings (SSSR count). The molecule has 0 spiro atoms. The Balaban J connectivity index is 2.18. The zero-order valence-corrected chi connectivity index (χ0v) is 11.6. The Labute approximate surface area is 115 Å². The molecule has 0 aromatic carbocycles. The molecular weight excluding hydrogens is 262 g/mol.